The van der Waals surface area contributed by atoms with Crippen LogP contribution in [0.25, 0.3) is 0 Å². The van der Waals surface area contributed by atoms with E-state index in [1.165, 1.54) is 5.57 Å². The highest BCUT2D eigenvalue weighted by atomic mass is 16.5. The normalized spacial score (nSPS) is 27.9. The van der Waals surface area contributed by atoms with Gasteiger partial charge in [0.15, 0.2) is 0 Å². The maximum Gasteiger partial charge on any atom is 0.0723 e. The Labute approximate surface area is 168 Å². The minimum atomic E-state index is -0.421. The molecule has 0 radical (unpaired) electrons. The third-order valence-electron chi connectivity index (χ3n) is 6.19. The van der Waals surface area contributed by atoms with Gasteiger partial charge in [-0.25, -0.2) is 0 Å². The van der Waals surface area contributed by atoms with Gasteiger partial charge in [-0.05, 0) is 36.7 Å². The molecule has 3 unspecified atom stereocenters. The van der Waals surface area contributed by atoms with Crippen LogP contribution in [0.3, 0.4) is 0 Å². The van der Waals surface area contributed by atoms with Crippen LogP contribution in [0, 0.1) is 16.2 Å². The molecule has 2 nitrogen and oxygen atoms in total. The standard InChI is InChI=1S/C25H42O2/c1-10-16-26-21(13-4)24(9,14-5)25(15-6)20(12-3)18-23(7,8)19-22(25)27-17-11-2/h12,14-15,18,21-22H,3,5-6,10-11,13,16-17,19H2,1-2,4,7-9H3/t21-,22?,24?,25?/m1/s1. The zero-order chi connectivity index (χ0) is 20.7. The second kappa shape index (κ2) is 9.89. The first-order valence-corrected chi connectivity index (χ1v) is 10.6. The van der Waals surface area contributed by atoms with Crippen LogP contribution in [0.5, 0.6) is 0 Å². The first-order chi connectivity index (χ1) is 12.7. The van der Waals surface area contributed by atoms with Crippen LogP contribution >= 0.6 is 0 Å². The molecule has 27 heavy (non-hydrogen) atoms. The molecule has 0 saturated carbocycles. The molecule has 0 amide bonds. The summed E-state index contributed by atoms with van der Waals surface area (Å²) in [6.45, 7) is 27.5. The number of hydrogen-bond donors (Lipinski definition) is 0. The van der Waals surface area contributed by atoms with Crippen molar-refractivity contribution in [1.82, 2.24) is 0 Å². The van der Waals surface area contributed by atoms with Crippen LogP contribution < -0.4 is 0 Å². The van der Waals surface area contributed by atoms with Gasteiger partial charge in [0, 0.05) is 18.6 Å². The zero-order valence-corrected chi connectivity index (χ0v) is 18.6. The summed E-state index contributed by atoms with van der Waals surface area (Å²) in [5.74, 6) is 0. The third kappa shape index (κ3) is 4.49. The lowest BCUT2D eigenvalue weighted by Gasteiger charge is -2.57. The maximum absolute atomic E-state index is 6.49. The Bertz CT molecular complexity index is 545. The van der Waals surface area contributed by atoms with Crippen molar-refractivity contribution in [2.24, 2.45) is 16.2 Å². The van der Waals surface area contributed by atoms with Crippen molar-refractivity contribution >= 4 is 0 Å². The summed E-state index contributed by atoms with van der Waals surface area (Å²) in [4.78, 5) is 0. The van der Waals surface area contributed by atoms with Crippen LogP contribution in [0.1, 0.15) is 67.2 Å². The summed E-state index contributed by atoms with van der Waals surface area (Å²) in [7, 11) is 0. The molecule has 0 saturated heterocycles. The molecule has 154 valence electrons. The minimum Gasteiger partial charge on any atom is -0.377 e. The Balaban J connectivity index is 3.67. The lowest BCUT2D eigenvalue weighted by Crippen LogP contribution is -2.57. The average molecular weight is 375 g/mol. The van der Waals surface area contributed by atoms with Gasteiger partial charge in [0.2, 0.25) is 0 Å². The van der Waals surface area contributed by atoms with E-state index in [4.69, 9.17) is 9.47 Å². The molecule has 0 aromatic heterocycles. The van der Waals surface area contributed by atoms with E-state index in [2.05, 4.69) is 79.5 Å². The lowest BCUT2D eigenvalue weighted by atomic mass is 9.50. The molecule has 0 aliphatic heterocycles. The van der Waals surface area contributed by atoms with E-state index in [0.29, 0.717) is 0 Å². The van der Waals surface area contributed by atoms with Gasteiger partial charge < -0.3 is 9.47 Å². The fourth-order valence-electron chi connectivity index (χ4n) is 4.77. The molecule has 0 aromatic rings. The van der Waals surface area contributed by atoms with E-state index in [1.807, 2.05) is 6.08 Å². The number of allylic oxidation sites excluding steroid dienone is 2. The fourth-order valence-corrected chi connectivity index (χ4v) is 4.77. The SMILES string of the molecule is C=CC1=CC(C)(C)CC(OCCC)C1(C=C)C(C)(C=C)[C@@H](CC)OCCC. The van der Waals surface area contributed by atoms with Gasteiger partial charge in [0.25, 0.3) is 0 Å². The molecule has 0 bridgehead atoms. The van der Waals surface area contributed by atoms with Gasteiger partial charge in [-0.3, -0.25) is 0 Å². The van der Waals surface area contributed by atoms with Gasteiger partial charge >= 0.3 is 0 Å². The molecule has 0 fully saturated rings. The van der Waals surface area contributed by atoms with Crippen LogP contribution in [-0.4, -0.2) is 25.4 Å². The van der Waals surface area contributed by atoms with E-state index in [0.717, 1.165) is 38.9 Å². The van der Waals surface area contributed by atoms with E-state index < -0.39 is 5.41 Å². The molecule has 1 aliphatic carbocycles. The Morgan fingerprint density at radius 3 is 2.26 bits per heavy atom. The highest BCUT2D eigenvalue weighted by molar-refractivity contribution is 5.42. The molecule has 0 spiro atoms. The molecular weight excluding hydrogens is 332 g/mol. The molecule has 0 heterocycles. The monoisotopic (exact) mass is 374 g/mol. The van der Waals surface area contributed by atoms with Crippen molar-refractivity contribution in [3.8, 4) is 0 Å². The first-order valence-electron chi connectivity index (χ1n) is 10.6. The Hall–Kier alpha value is -1.12. The maximum atomic E-state index is 6.49. The van der Waals surface area contributed by atoms with Gasteiger partial charge in [0.1, 0.15) is 0 Å². The Morgan fingerprint density at radius 2 is 1.81 bits per heavy atom. The van der Waals surface area contributed by atoms with Gasteiger partial charge in [0.05, 0.1) is 17.6 Å². The summed E-state index contributed by atoms with van der Waals surface area (Å²) in [6.07, 6.45) is 12.3. The Kier molecular flexibility index (Phi) is 8.76. The molecule has 0 N–H and O–H groups in total. The van der Waals surface area contributed by atoms with Crippen LogP contribution in [0.15, 0.2) is 49.6 Å². The quantitative estimate of drug-likeness (QED) is 0.346. The highest BCUT2D eigenvalue weighted by Gasteiger charge is 2.58. The molecule has 1 rings (SSSR count). The lowest BCUT2D eigenvalue weighted by molar-refractivity contribution is -0.119. The van der Waals surface area contributed by atoms with E-state index in [-0.39, 0.29) is 23.0 Å². The summed E-state index contributed by atoms with van der Waals surface area (Å²) in [6, 6.07) is 0. The van der Waals surface area contributed by atoms with Crippen molar-refractivity contribution in [3.05, 3.63) is 49.6 Å². The van der Waals surface area contributed by atoms with Crippen molar-refractivity contribution in [2.45, 2.75) is 79.4 Å². The van der Waals surface area contributed by atoms with E-state index in [1.54, 1.807) is 0 Å². The van der Waals surface area contributed by atoms with Crippen LogP contribution in [-0.2, 0) is 9.47 Å². The summed E-state index contributed by atoms with van der Waals surface area (Å²) in [5, 5.41) is 0. The summed E-state index contributed by atoms with van der Waals surface area (Å²) in [5.41, 5.74) is 0.446. The Morgan fingerprint density at radius 1 is 1.19 bits per heavy atom. The largest absolute Gasteiger partial charge is 0.377 e. The first kappa shape index (κ1) is 23.9. The fraction of sp³-hybridized carbons (Fsp3) is 0.680. The number of ether oxygens (including phenoxy) is 2. The molecular formula is C25H42O2. The van der Waals surface area contributed by atoms with Crippen LogP contribution in [0.4, 0.5) is 0 Å². The average Bonchev–Trinajstić information content (AvgIpc) is 2.65. The van der Waals surface area contributed by atoms with Crippen molar-refractivity contribution in [3.63, 3.8) is 0 Å². The van der Waals surface area contributed by atoms with Gasteiger partial charge in [-0.15, -0.1) is 13.2 Å². The predicted octanol–water partition coefficient (Wildman–Crippen LogP) is 6.89. The summed E-state index contributed by atoms with van der Waals surface area (Å²) < 4.78 is 12.8. The van der Waals surface area contributed by atoms with Gasteiger partial charge in [-0.2, -0.15) is 0 Å². The zero-order valence-electron chi connectivity index (χ0n) is 18.6. The third-order valence-corrected chi connectivity index (χ3v) is 6.19. The highest BCUT2D eigenvalue weighted by Crippen LogP contribution is 2.59. The second-order valence-corrected chi connectivity index (χ2v) is 8.68. The predicted molar refractivity (Wildman–Crippen MR) is 118 cm³/mol. The summed E-state index contributed by atoms with van der Waals surface area (Å²) >= 11 is 0. The topological polar surface area (TPSA) is 18.5 Å². The number of hydrogen-bond acceptors (Lipinski definition) is 2. The van der Waals surface area contributed by atoms with Crippen LogP contribution in [0.2, 0.25) is 0 Å². The van der Waals surface area contributed by atoms with Crippen molar-refractivity contribution in [2.75, 3.05) is 13.2 Å². The van der Waals surface area contributed by atoms with E-state index in [9.17, 15) is 0 Å². The van der Waals surface area contributed by atoms with Crippen molar-refractivity contribution < 1.29 is 9.47 Å². The van der Waals surface area contributed by atoms with Gasteiger partial charge in [-0.1, -0.05) is 72.4 Å². The van der Waals surface area contributed by atoms with E-state index >= 15 is 0 Å². The molecule has 4 atom stereocenters. The molecule has 0 aromatic carbocycles. The smallest absolute Gasteiger partial charge is 0.0723 e. The second-order valence-electron chi connectivity index (χ2n) is 8.68. The van der Waals surface area contributed by atoms with Crippen molar-refractivity contribution in [1.29, 1.82) is 0 Å². The molecule has 2 heteroatoms. The molecule has 1 aliphatic rings. The number of rotatable bonds is 12. The minimum absolute atomic E-state index is 0.00484.